The summed E-state index contributed by atoms with van der Waals surface area (Å²) in [7, 11) is 3.49. The van der Waals surface area contributed by atoms with Crippen LogP contribution in [0.15, 0.2) is 54.9 Å². The first-order chi connectivity index (χ1) is 17.4. The zero-order valence-electron chi connectivity index (χ0n) is 20.6. The van der Waals surface area contributed by atoms with Gasteiger partial charge >= 0.3 is 0 Å². The number of benzene rings is 2. The van der Waals surface area contributed by atoms with Crippen LogP contribution in [0.1, 0.15) is 39.1 Å². The van der Waals surface area contributed by atoms with E-state index >= 15 is 0 Å². The lowest BCUT2D eigenvalue weighted by molar-refractivity contribution is 0.0303. The molecule has 1 aliphatic carbocycles. The molecule has 2 aromatic carbocycles. The Labute approximate surface area is 210 Å². The molecule has 2 fully saturated rings. The van der Waals surface area contributed by atoms with Gasteiger partial charge in [0.05, 0.1) is 13.2 Å². The highest BCUT2D eigenvalue weighted by Crippen LogP contribution is 2.57. The van der Waals surface area contributed by atoms with Crippen molar-refractivity contribution in [2.75, 3.05) is 51.8 Å². The van der Waals surface area contributed by atoms with Crippen LogP contribution in [0.4, 0.5) is 11.6 Å². The van der Waals surface area contributed by atoms with Crippen LogP contribution >= 0.6 is 0 Å². The summed E-state index contributed by atoms with van der Waals surface area (Å²) in [5.74, 6) is 0.658. The summed E-state index contributed by atoms with van der Waals surface area (Å²) in [5.41, 5.74) is 5.65. The average molecular weight is 484 g/mol. The molecule has 0 radical (unpaired) electrons. The fourth-order valence-electron chi connectivity index (χ4n) is 5.19. The normalized spacial score (nSPS) is 17.7. The summed E-state index contributed by atoms with van der Waals surface area (Å²) in [4.78, 5) is 40.3. The minimum Gasteiger partial charge on any atom is -0.378 e. The van der Waals surface area contributed by atoms with Gasteiger partial charge in [-0.25, -0.2) is 9.97 Å². The molecule has 2 aliphatic heterocycles. The molecule has 6 rings (SSSR count). The maximum atomic E-state index is 13.1. The number of fused-ring (bicyclic) bond motifs is 2. The van der Waals surface area contributed by atoms with E-state index in [0.717, 1.165) is 36.2 Å². The molecule has 36 heavy (non-hydrogen) atoms. The van der Waals surface area contributed by atoms with E-state index < -0.39 is 0 Å². The zero-order valence-corrected chi connectivity index (χ0v) is 20.6. The Bertz CT molecular complexity index is 1310. The van der Waals surface area contributed by atoms with Gasteiger partial charge in [0.15, 0.2) is 0 Å². The third-order valence-corrected chi connectivity index (χ3v) is 7.47. The first-order valence-electron chi connectivity index (χ1n) is 12.4. The molecule has 1 saturated heterocycles. The first kappa shape index (κ1) is 22.7. The van der Waals surface area contributed by atoms with Crippen LogP contribution in [0.25, 0.3) is 11.1 Å². The standard InChI is InChI=1S/C28H29N5O3/c1-31(2)25(34)20-5-3-19(4-6-20)22-16-29-27(30-17-22)33-18-28(9-10-28)23-8-7-21(15-24(23)33)26(35)32-11-13-36-14-12-32/h3-8,15-17H,9-14,18H2,1-2H3. The third-order valence-electron chi connectivity index (χ3n) is 7.47. The van der Waals surface area contributed by atoms with Crippen molar-refractivity contribution in [3.63, 3.8) is 0 Å². The van der Waals surface area contributed by atoms with Crippen molar-refractivity contribution in [2.45, 2.75) is 18.3 Å². The van der Waals surface area contributed by atoms with Crippen LogP contribution in [-0.4, -0.2) is 78.5 Å². The predicted octanol–water partition coefficient (Wildman–Crippen LogP) is 3.50. The summed E-state index contributed by atoms with van der Waals surface area (Å²) in [5, 5.41) is 0. The molecule has 3 aliphatic rings. The van der Waals surface area contributed by atoms with Crippen molar-refractivity contribution >= 4 is 23.5 Å². The van der Waals surface area contributed by atoms with Gasteiger partial charge in [-0.3, -0.25) is 9.59 Å². The highest BCUT2D eigenvalue weighted by atomic mass is 16.5. The van der Waals surface area contributed by atoms with Gasteiger partial charge in [-0.2, -0.15) is 0 Å². The van der Waals surface area contributed by atoms with Gasteiger partial charge in [0.25, 0.3) is 11.8 Å². The van der Waals surface area contributed by atoms with Crippen molar-refractivity contribution in [2.24, 2.45) is 0 Å². The number of hydrogen-bond acceptors (Lipinski definition) is 6. The lowest BCUT2D eigenvalue weighted by atomic mass is 9.97. The molecule has 1 spiro atoms. The van der Waals surface area contributed by atoms with Crippen molar-refractivity contribution in [3.05, 3.63) is 71.5 Å². The number of nitrogens with zero attached hydrogens (tertiary/aromatic N) is 5. The molecule has 1 aromatic heterocycles. The Morgan fingerprint density at radius 1 is 0.917 bits per heavy atom. The lowest BCUT2D eigenvalue weighted by Gasteiger charge is -2.27. The van der Waals surface area contributed by atoms with E-state index in [1.165, 1.54) is 5.56 Å². The fourth-order valence-corrected chi connectivity index (χ4v) is 5.19. The summed E-state index contributed by atoms with van der Waals surface area (Å²) in [6.07, 6.45) is 5.93. The van der Waals surface area contributed by atoms with Gasteiger partial charge in [0, 0.05) is 73.9 Å². The molecule has 3 heterocycles. The van der Waals surface area contributed by atoms with Crippen molar-refractivity contribution in [3.8, 4) is 11.1 Å². The molecule has 2 amide bonds. The third kappa shape index (κ3) is 3.91. The minimum absolute atomic E-state index is 0.0266. The lowest BCUT2D eigenvalue weighted by Crippen LogP contribution is -2.40. The quantitative estimate of drug-likeness (QED) is 0.565. The van der Waals surface area contributed by atoms with Gasteiger partial charge in [0.2, 0.25) is 5.95 Å². The van der Waals surface area contributed by atoms with Gasteiger partial charge in [0.1, 0.15) is 0 Å². The number of aromatic nitrogens is 2. The van der Waals surface area contributed by atoms with Crippen molar-refractivity contribution < 1.29 is 14.3 Å². The Kier molecular flexibility index (Phi) is 5.48. The van der Waals surface area contributed by atoms with Crippen molar-refractivity contribution in [1.29, 1.82) is 0 Å². The molecule has 0 unspecified atom stereocenters. The number of hydrogen-bond donors (Lipinski definition) is 0. The summed E-state index contributed by atoms with van der Waals surface area (Å²) in [6, 6.07) is 13.6. The maximum Gasteiger partial charge on any atom is 0.254 e. The van der Waals surface area contributed by atoms with E-state index in [-0.39, 0.29) is 17.2 Å². The van der Waals surface area contributed by atoms with Crippen LogP contribution in [0, 0.1) is 0 Å². The van der Waals surface area contributed by atoms with Crippen LogP contribution in [0.2, 0.25) is 0 Å². The topological polar surface area (TPSA) is 78.9 Å². The molecule has 8 heteroatoms. The molecular weight excluding hydrogens is 454 g/mol. The molecule has 0 N–H and O–H groups in total. The monoisotopic (exact) mass is 483 g/mol. The largest absolute Gasteiger partial charge is 0.378 e. The molecular formula is C28H29N5O3. The zero-order chi connectivity index (χ0) is 24.9. The number of ether oxygens (including phenoxy) is 1. The number of amides is 2. The number of carbonyl (C=O) groups excluding carboxylic acids is 2. The summed E-state index contributed by atoms with van der Waals surface area (Å²) < 4.78 is 5.40. The fraction of sp³-hybridized carbons (Fsp3) is 0.357. The Morgan fingerprint density at radius 2 is 1.58 bits per heavy atom. The summed E-state index contributed by atoms with van der Waals surface area (Å²) >= 11 is 0. The van der Waals surface area contributed by atoms with Gasteiger partial charge in [-0.05, 0) is 48.2 Å². The average Bonchev–Trinajstić information content (AvgIpc) is 3.64. The minimum atomic E-state index is -0.0266. The molecule has 0 atom stereocenters. The summed E-state index contributed by atoms with van der Waals surface area (Å²) in [6.45, 7) is 3.25. The Morgan fingerprint density at radius 3 is 2.22 bits per heavy atom. The second kappa shape index (κ2) is 8.71. The van der Waals surface area contributed by atoms with E-state index in [0.29, 0.717) is 43.4 Å². The maximum absolute atomic E-state index is 13.1. The molecule has 184 valence electrons. The second-order valence-corrected chi connectivity index (χ2v) is 10.1. The van der Waals surface area contributed by atoms with Crippen LogP contribution < -0.4 is 4.90 Å². The smallest absolute Gasteiger partial charge is 0.254 e. The van der Waals surface area contributed by atoms with E-state index in [4.69, 9.17) is 14.7 Å². The van der Waals surface area contributed by atoms with Crippen LogP contribution in [-0.2, 0) is 10.2 Å². The first-order valence-corrected chi connectivity index (χ1v) is 12.4. The molecule has 3 aromatic rings. The van der Waals surface area contributed by atoms with Gasteiger partial charge in [-0.15, -0.1) is 0 Å². The van der Waals surface area contributed by atoms with Crippen molar-refractivity contribution in [1.82, 2.24) is 19.8 Å². The molecule has 8 nitrogen and oxygen atoms in total. The highest BCUT2D eigenvalue weighted by Gasteiger charge is 2.52. The van der Waals surface area contributed by atoms with Crippen LogP contribution in [0.3, 0.4) is 0 Å². The second-order valence-electron chi connectivity index (χ2n) is 10.1. The molecule has 0 bridgehead atoms. The van der Waals surface area contributed by atoms with E-state index in [1.54, 1.807) is 19.0 Å². The van der Waals surface area contributed by atoms with E-state index in [1.807, 2.05) is 53.7 Å². The predicted molar refractivity (Wildman–Crippen MR) is 137 cm³/mol. The Hall–Kier alpha value is -3.78. The molecule has 1 saturated carbocycles. The number of carbonyl (C=O) groups is 2. The number of morpholine rings is 1. The van der Waals surface area contributed by atoms with Gasteiger partial charge in [-0.1, -0.05) is 18.2 Å². The number of anilines is 2. The van der Waals surface area contributed by atoms with Crippen LogP contribution in [0.5, 0.6) is 0 Å². The number of rotatable bonds is 4. The van der Waals surface area contributed by atoms with Gasteiger partial charge < -0.3 is 19.4 Å². The Balaban J connectivity index is 1.26. The highest BCUT2D eigenvalue weighted by molar-refractivity contribution is 5.96. The van der Waals surface area contributed by atoms with E-state index in [9.17, 15) is 9.59 Å². The SMILES string of the molecule is CN(C)C(=O)c1ccc(-c2cnc(N3CC4(CC4)c4ccc(C(=O)N5CCOCC5)cc43)nc2)cc1. The van der Waals surface area contributed by atoms with E-state index in [2.05, 4.69) is 11.0 Å².